The van der Waals surface area contributed by atoms with Gasteiger partial charge >= 0.3 is 0 Å². The Kier molecular flexibility index (Phi) is 3.35. The normalized spacial score (nSPS) is 11.9. The summed E-state index contributed by atoms with van der Waals surface area (Å²) in [5.74, 6) is 0.0417. The smallest absolute Gasteiger partial charge is 0.180 e. The molecule has 3 nitrogen and oxygen atoms in total. The van der Waals surface area contributed by atoms with Gasteiger partial charge in [-0.2, -0.15) is 0 Å². The molecule has 0 unspecified atom stereocenters. The third kappa shape index (κ3) is 2.42. The summed E-state index contributed by atoms with van der Waals surface area (Å²) in [6.45, 7) is 1.78. The third-order valence-electron chi connectivity index (χ3n) is 2.49. The maximum atomic E-state index is 12.1. The van der Waals surface area contributed by atoms with Gasteiger partial charge in [-0.1, -0.05) is 18.2 Å². The van der Waals surface area contributed by atoms with Gasteiger partial charge in [0.1, 0.15) is 0 Å². The zero-order chi connectivity index (χ0) is 12.5. The van der Waals surface area contributed by atoms with E-state index in [9.17, 15) is 8.42 Å². The number of aryl methyl sites for hydroxylation is 1. The maximum Gasteiger partial charge on any atom is 0.180 e. The zero-order valence-electron chi connectivity index (χ0n) is 9.35. The first-order valence-corrected chi connectivity index (χ1v) is 7.38. The van der Waals surface area contributed by atoms with Gasteiger partial charge in [0.2, 0.25) is 0 Å². The Labute approximate surface area is 105 Å². The number of nitrogens with zero attached hydrogens (tertiary/aromatic N) is 1. The summed E-state index contributed by atoms with van der Waals surface area (Å²) in [4.78, 5) is 4.63. The lowest BCUT2D eigenvalue weighted by Crippen LogP contribution is -2.09. The SMILES string of the molecule is Cc1cc(S(=O)(=O)CCCl)c2ccccc2n1. The van der Waals surface area contributed by atoms with Crippen molar-refractivity contribution in [3.63, 3.8) is 0 Å². The molecule has 2 rings (SSSR count). The lowest BCUT2D eigenvalue weighted by molar-refractivity contribution is 0.598. The molecule has 0 aliphatic carbocycles. The Balaban J connectivity index is 2.77. The predicted octanol–water partition coefficient (Wildman–Crippen LogP) is 2.56. The van der Waals surface area contributed by atoms with E-state index < -0.39 is 9.84 Å². The fraction of sp³-hybridized carbons (Fsp3) is 0.250. The molecule has 0 bridgehead atoms. The number of halogens is 1. The second kappa shape index (κ2) is 4.63. The molecule has 0 spiro atoms. The van der Waals surface area contributed by atoms with E-state index in [1.165, 1.54) is 0 Å². The minimum atomic E-state index is -3.33. The van der Waals surface area contributed by atoms with E-state index in [4.69, 9.17) is 11.6 Å². The van der Waals surface area contributed by atoms with Crippen LogP contribution < -0.4 is 0 Å². The average molecular weight is 270 g/mol. The second-order valence-corrected chi connectivity index (χ2v) is 6.24. The quantitative estimate of drug-likeness (QED) is 0.805. The number of alkyl halides is 1. The molecule has 17 heavy (non-hydrogen) atoms. The Morgan fingerprint density at radius 1 is 1.29 bits per heavy atom. The molecule has 5 heteroatoms. The molecule has 1 aromatic carbocycles. The van der Waals surface area contributed by atoms with Crippen LogP contribution in [0, 0.1) is 6.92 Å². The number of pyridine rings is 1. The molecule has 0 amide bonds. The highest BCUT2D eigenvalue weighted by molar-refractivity contribution is 7.91. The van der Waals surface area contributed by atoms with Crippen LogP contribution in [0.3, 0.4) is 0 Å². The predicted molar refractivity (Wildman–Crippen MR) is 69.3 cm³/mol. The number of hydrogen-bond acceptors (Lipinski definition) is 3. The summed E-state index contributed by atoms with van der Waals surface area (Å²) in [7, 11) is -3.33. The van der Waals surface area contributed by atoms with Crippen molar-refractivity contribution < 1.29 is 8.42 Å². The van der Waals surface area contributed by atoms with Crippen molar-refractivity contribution in [3.8, 4) is 0 Å². The van der Waals surface area contributed by atoms with Gasteiger partial charge in [0.25, 0.3) is 0 Å². The van der Waals surface area contributed by atoms with E-state index in [0.717, 1.165) is 0 Å². The minimum Gasteiger partial charge on any atom is -0.253 e. The van der Waals surface area contributed by atoms with Crippen LogP contribution in [-0.4, -0.2) is 25.0 Å². The molecule has 0 saturated carbocycles. The number of aromatic nitrogens is 1. The van der Waals surface area contributed by atoms with Crippen molar-refractivity contribution in [3.05, 3.63) is 36.0 Å². The third-order valence-corrected chi connectivity index (χ3v) is 4.65. The van der Waals surface area contributed by atoms with E-state index >= 15 is 0 Å². The Bertz CT molecular complexity index is 653. The Hall–Kier alpha value is -1.13. The van der Waals surface area contributed by atoms with Crippen molar-refractivity contribution in [1.82, 2.24) is 4.98 Å². The number of fused-ring (bicyclic) bond motifs is 1. The number of rotatable bonds is 3. The highest BCUT2D eigenvalue weighted by atomic mass is 35.5. The Morgan fingerprint density at radius 3 is 2.71 bits per heavy atom. The van der Waals surface area contributed by atoms with Crippen molar-refractivity contribution >= 4 is 32.3 Å². The van der Waals surface area contributed by atoms with E-state index in [0.29, 0.717) is 21.5 Å². The van der Waals surface area contributed by atoms with Crippen LogP contribution >= 0.6 is 11.6 Å². The molecule has 0 radical (unpaired) electrons. The molecular formula is C12H12ClNO2S. The second-order valence-electron chi connectivity index (χ2n) is 3.79. The van der Waals surface area contributed by atoms with Crippen LogP contribution in [0.2, 0.25) is 0 Å². The van der Waals surface area contributed by atoms with Crippen LogP contribution in [0.4, 0.5) is 0 Å². The van der Waals surface area contributed by atoms with Gasteiger partial charge < -0.3 is 0 Å². The van der Waals surface area contributed by atoms with Gasteiger partial charge in [0.15, 0.2) is 9.84 Å². The number of hydrogen-bond donors (Lipinski definition) is 0. The van der Waals surface area contributed by atoms with E-state index in [-0.39, 0.29) is 11.6 Å². The molecule has 0 atom stereocenters. The summed E-state index contributed by atoms with van der Waals surface area (Å²) >= 11 is 5.53. The van der Waals surface area contributed by atoms with Crippen LogP contribution in [0.25, 0.3) is 10.9 Å². The van der Waals surface area contributed by atoms with Gasteiger partial charge in [-0.05, 0) is 19.1 Å². The first-order chi connectivity index (χ1) is 8.04. The molecule has 0 aliphatic heterocycles. The molecule has 0 aliphatic rings. The zero-order valence-corrected chi connectivity index (χ0v) is 10.9. The van der Waals surface area contributed by atoms with Crippen molar-refractivity contribution in [2.45, 2.75) is 11.8 Å². The highest BCUT2D eigenvalue weighted by Gasteiger charge is 2.17. The van der Waals surface area contributed by atoms with Crippen LogP contribution in [-0.2, 0) is 9.84 Å². The number of para-hydroxylation sites is 1. The monoisotopic (exact) mass is 269 g/mol. The van der Waals surface area contributed by atoms with E-state index in [1.54, 1.807) is 25.1 Å². The van der Waals surface area contributed by atoms with Gasteiger partial charge in [-0.3, -0.25) is 4.98 Å². The van der Waals surface area contributed by atoms with Crippen molar-refractivity contribution in [1.29, 1.82) is 0 Å². The summed E-state index contributed by atoms with van der Waals surface area (Å²) in [6, 6.07) is 8.82. The fourth-order valence-electron chi connectivity index (χ4n) is 1.74. The first-order valence-electron chi connectivity index (χ1n) is 5.20. The Morgan fingerprint density at radius 2 is 2.00 bits per heavy atom. The summed E-state index contributed by atoms with van der Waals surface area (Å²) < 4.78 is 24.2. The van der Waals surface area contributed by atoms with Crippen molar-refractivity contribution in [2.75, 3.05) is 11.6 Å². The lowest BCUT2D eigenvalue weighted by Gasteiger charge is -2.07. The van der Waals surface area contributed by atoms with Crippen LogP contribution in [0.5, 0.6) is 0 Å². The highest BCUT2D eigenvalue weighted by Crippen LogP contribution is 2.23. The van der Waals surface area contributed by atoms with Gasteiger partial charge in [-0.25, -0.2) is 8.42 Å². The topological polar surface area (TPSA) is 47.0 Å². The van der Waals surface area contributed by atoms with E-state index in [1.807, 2.05) is 12.1 Å². The van der Waals surface area contributed by atoms with Gasteiger partial charge in [0, 0.05) is 17.0 Å². The number of benzene rings is 1. The summed E-state index contributed by atoms with van der Waals surface area (Å²) in [5.41, 5.74) is 1.39. The summed E-state index contributed by atoms with van der Waals surface area (Å²) in [6.07, 6.45) is 0. The van der Waals surface area contributed by atoms with Crippen molar-refractivity contribution in [2.24, 2.45) is 0 Å². The standard InChI is InChI=1S/C12H12ClNO2S/c1-9-8-12(17(15,16)7-6-13)10-4-2-3-5-11(10)14-9/h2-5,8H,6-7H2,1H3. The molecule has 0 saturated heterocycles. The molecule has 1 heterocycles. The molecular weight excluding hydrogens is 258 g/mol. The summed E-state index contributed by atoms with van der Waals surface area (Å²) in [5, 5.41) is 0.656. The van der Waals surface area contributed by atoms with Crippen LogP contribution in [0.15, 0.2) is 35.2 Å². The largest absolute Gasteiger partial charge is 0.253 e. The first kappa shape index (κ1) is 12.3. The maximum absolute atomic E-state index is 12.1. The minimum absolute atomic E-state index is 0.0536. The van der Waals surface area contributed by atoms with E-state index in [2.05, 4.69) is 4.98 Å². The fourth-order valence-corrected chi connectivity index (χ4v) is 3.63. The molecule has 90 valence electrons. The van der Waals surface area contributed by atoms with Crippen LogP contribution in [0.1, 0.15) is 5.69 Å². The molecule has 0 fully saturated rings. The molecule has 2 aromatic rings. The van der Waals surface area contributed by atoms with Gasteiger partial charge in [0.05, 0.1) is 16.2 Å². The number of sulfone groups is 1. The van der Waals surface area contributed by atoms with Gasteiger partial charge in [-0.15, -0.1) is 11.6 Å². The average Bonchev–Trinajstić information content (AvgIpc) is 2.27. The molecule has 0 N–H and O–H groups in total. The molecule has 1 aromatic heterocycles. The lowest BCUT2D eigenvalue weighted by atomic mass is 10.2.